The summed E-state index contributed by atoms with van der Waals surface area (Å²) in [4.78, 5) is 0. The van der Waals surface area contributed by atoms with E-state index in [1.807, 2.05) is 0 Å². The highest BCUT2D eigenvalue weighted by Gasteiger charge is 2.36. The summed E-state index contributed by atoms with van der Waals surface area (Å²) in [6.45, 7) is 0. The molecule has 0 aliphatic heterocycles. The van der Waals surface area contributed by atoms with Gasteiger partial charge >= 0.3 is 0 Å². The first kappa shape index (κ1) is 17.4. The van der Waals surface area contributed by atoms with E-state index in [4.69, 9.17) is 10.3 Å². The van der Waals surface area contributed by atoms with E-state index in [0.29, 0.717) is 18.2 Å². The summed E-state index contributed by atoms with van der Waals surface area (Å²) in [5.41, 5.74) is 7.88. The van der Waals surface area contributed by atoms with Crippen molar-refractivity contribution >= 4 is 10.1 Å². The lowest BCUT2D eigenvalue weighted by molar-refractivity contribution is 0.139. The molecule has 0 heterocycles. The van der Waals surface area contributed by atoms with E-state index < -0.39 is 10.1 Å². The molecule has 0 saturated heterocycles. The van der Waals surface area contributed by atoms with Crippen LogP contribution in [0, 0.1) is 11.8 Å². The van der Waals surface area contributed by atoms with Crippen molar-refractivity contribution in [1.29, 1.82) is 0 Å². The predicted molar refractivity (Wildman–Crippen MR) is 89.3 cm³/mol. The summed E-state index contributed by atoms with van der Waals surface area (Å²) in [7, 11) is -3.67. The van der Waals surface area contributed by atoms with Gasteiger partial charge in [-0.05, 0) is 36.2 Å². The fourth-order valence-electron chi connectivity index (χ4n) is 4.00. The molecule has 0 bridgehead atoms. The van der Waals surface area contributed by atoms with Crippen LogP contribution in [0.2, 0.25) is 0 Å². The first-order valence-corrected chi connectivity index (χ1v) is 9.92. The molecule has 5 heteroatoms. The summed E-state index contributed by atoms with van der Waals surface area (Å²) >= 11 is 0. The Labute approximate surface area is 133 Å². The van der Waals surface area contributed by atoms with E-state index >= 15 is 0 Å². The highest BCUT2D eigenvalue weighted by molar-refractivity contribution is 7.85. The molecule has 3 N–H and O–H groups in total. The molecule has 0 radical (unpaired) electrons. The first-order valence-electron chi connectivity index (χ1n) is 8.07. The average Bonchev–Trinajstić information content (AvgIpc) is 2.46. The van der Waals surface area contributed by atoms with Gasteiger partial charge in [0.25, 0.3) is 10.1 Å². The molecule has 0 aromatic heterocycles. The van der Waals surface area contributed by atoms with Gasteiger partial charge in [-0.2, -0.15) is 8.42 Å². The number of nitrogens with two attached hydrogens (primary N) is 1. The van der Waals surface area contributed by atoms with Crippen LogP contribution in [0.1, 0.15) is 50.0 Å². The summed E-state index contributed by atoms with van der Waals surface area (Å²) in [6.07, 6.45) is 9.05. The van der Waals surface area contributed by atoms with E-state index in [-0.39, 0.29) is 0 Å². The highest BCUT2D eigenvalue weighted by Crippen LogP contribution is 2.45. The molecule has 0 unspecified atom stereocenters. The monoisotopic (exact) mass is 325 g/mol. The number of hydrogen-bond acceptors (Lipinski definition) is 3. The minimum atomic E-state index is -3.67. The fourth-order valence-corrected chi connectivity index (χ4v) is 4.00. The zero-order valence-corrected chi connectivity index (χ0v) is 14.0. The molecule has 22 heavy (non-hydrogen) atoms. The molecule has 3 rings (SSSR count). The number of benzene rings is 1. The normalized spacial score (nSPS) is 31.6. The van der Waals surface area contributed by atoms with Crippen LogP contribution in [-0.4, -0.2) is 25.3 Å². The molecule has 1 aromatic carbocycles. The lowest BCUT2D eigenvalue weighted by Crippen LogP contribution is -2.40. The number of fused-ring (bicyclic) bond motifs is 1. The highest BCUT2D eigenvalue weighted by atomic mass is 32.2. The van der Waals surface area contributed by atoms with Gasteiger partial charge < -0.3 is 5.73 Å². The molecule has 0 amide bonds. The summed E-state index contributed by atoms with van der Waals surface area (Å²) in [6, 6.07) is 11.3. The van der Waals surface area contributed by atoms with Gasteiger partial charge in [-0.1, -0.05) is 56.0 Å². The molecule has 0 spiro atoms. The number of rotatable bonds is 1. The van der Waals surface area contributed by atoms with Gasteiger partial charge in [0.15, 0.2) is 0 Å². The Balaban J connectivity index is 0.000000309. The second-order valence-corrected chi connectivity index (χ2v) is 8.16. The minimum Gasteiger partial charge on any atom is -0.327 e. The predicted octanol–water partition coefficient (Wildman–Crippen LogP) is 3.20. The van der Waals surface area contributed by atoms with Crippen molar-refractivity contribution in [2.24, 2.45) is 17.6 Å². The van der Waals surface area contributed by atoms with Gasteiger partial charge in [0, 0.05) is 6.04 Å². The molecular weight excluding hydrogens is 298 g/mol. The molecule has 1 aromatic rings. The van der Waals surface area contributed by atoms with Gasteiger partial charge in [0.05, 0.1) is 6.26 Å². The Hall–Kier alpha value is -0.910. The zero-order chi connectivity index (χ0) is 16.2. The van der Waals surface area contributed by atoms with E-state index in [2.05, 4.69) is 30.3 Å². The summed E-state index contributed by atoms with van der Waals surface area (Å²) in [5.74, 6) is 2.49. The van der Waals surface area contributed by atoms with Gasteiger partial charge in [-0.3, -0.25) is 4.55 Å². The molecule has 124 valence electrons. The third-order valence-corrected chi connectivity index (χ3v) is 4.94. The van der Waals surface area contributed by atoms with Gasteiger partial charge in [0.1, 0.15) is 0 Å². The molecule has 2 aliphatic carbocycles. The maximum atomic E-state index is 9.19. The quantitative estimate of drug-likeness (QED) is 0.777. The molecular formula is C17H27NO3S. The Morgan fingerprint density at radius 2 is 1.55 bits per heavy atom. The van der Waals surface area contributed by atoms with Crippen molar-refractivity contribution in [1.82, 2.24) is 0 Å². The van der Waals surface area contributed by atoms with E-state index in [0.717, 1.165) is 11.8 Å². The zero-order valence-electron chi connectivity index (χ0n) is 13.2. The second kappa shape index (κ2) is 7.57. The smallest absolute Gasteiger partial charge is 0.261 e. The van der Waals surface area contributed by atoms with Crippen molar-refractivity contribution < 1.29 is 13.0 Å². The standard InChI is InChI=1S/C16H23N.CH4O3S/c17-16-11-14-9-5-4-8-13(14)10-15(16)12-6-2-1-3-7-12;1-5(2,3)4/h1-3,6-7,13-16H,4-5,8-11,17H2;1H3,(H,2,3,4)/t13-,14-,15+,16+;/m0./s1. The number of hydrogen-bond donors (Lipinski definition) is 2. The molecule has 4 nitrogen and oxygen atoms in total. The second-order valence-electron chi connectivity index (χ2n) is 6.69. The van der Waals surface area contributed by atoms with Crippen LogP contribution in [-0.2, 0) is 10.1 Å². The van der Waals surface area contributed by atoms with Crippen molar-refractivity contribution in [2.45, 2.75) is 50.5 Å². The van der Waals surface area contributed by atoms with E-state index in [9.17, 15) is 8.42 Å². The Kier molecular flexibility index (Phi) is 6.01. The molecule has 4 atom stereocenters. The average molecular weight is 325 g/mol. The third kappa shape index (κ3) is 5.38. The van der Waals surface area contributed by atoms with Gasteiger partial charge in [0.2, 0.25) is 0 Å². The van der Waals surface area contributed by atoms with Gasteiger partial charge in [-0.25, -0.2) is 0 Å². The largest absolute Gasteiger partial charge is 0.327 e. The molecule has 2 saturated carbocycles. The fraction of sp³-hybridized carbons (Fsp3) is 0.647. The van der Waals surface area contributed by atoms with Crippen LogP contribution in [0.15, 0.2) is 30.3 Å². The van der Waals surface area contributed by atoms with E-state index in [1.165, 1.54) is 44.1 Å². The van der Waals surface area contributed by atoms with Crippen molar-refractivity contribution in [3.8, 4) is 0 Å². The Bertz CT molecular complexity index is 551. The first-order chi connectivity index (χ1) is 10.3. The van der Waals surface area contributed by atoms with Crippen LogP contribution in [0.5, 0.6) is 0 Å². The summed E-state index contributed by atoms with van der Waals surface area (Å²) in [5, 5.41) is 0. The van der Waals surface area contributed by atoms with Crippen LogP contribution >= 0.6 is 0 Å². The Morgan fingerprint density at radius 1 is 1.05 bits per heavy atom. The third-order valence-electron chi connectivity index (χ3n) is 4.94. The van der Waals surface area contributed by atoms with Crippen molar-refractivity contribution in [3.05, 3.63) is 35.9 Å². The molecule has 2 aliphatic rings. The molecule has 2 fully saturated rings. The van der Waals surface area contributed by atoms with Gasteiger partial charge in [-0.15, -0.1) is 0 Å². The Morgan fingerprint density at radius 3 is 2.09 bits per heavy atom. The van der Waals surface area contributed by atoms with Crippen LogP contribution in [0.4, 0.5) is 0 Å². The van der Waals surface area contributed by atoms with Crippen LogP contribution in [0.3, 0.4) is 0 Å². The minimum absolute atomic E-state index is 0.386. The topological polar surface area (TPSA) is 80.4 Å². The van der Waals surface area contributed by atoms with Crippen molar-refractivity contribution in [2.75, 3.05) is 6.26 Å². The SMILES string of the molecule is CS(=O)(=O)O.N[C@@H]1C[C@@H]2CCCC[C@H]2C[C@@H]1c1ccccc1. The maximum Gasteiger partial charge on any atom is 0.261 e. The van der Waals surface area contributed by atoms with Crippen molar-refractivity contribution in [3.63, 3.8) is 0 Å². The van der Waals surface area contributed by atoms with Crippen LogP contribution in [0.25, 0.3) is 0 Å². The lowest BCUT2D eigenvalue weighted by Gasteiger charge is -2.43. The lowest BCUT2D eigenvalue weighted by atomic mass is 9.64. The summed E-state index contributed by atoms with van der Waals surface area (Å²) < 4.78 is 25.9. The van der Waals surface area contributed by atoms with Crippen LogP contribution < -0.4 is 5.73 Å². The van der Waals surface area contributed by atoms with E-state index in [1.54, 1.807) is 0 Å². The maximum absolute atomic E-state index is 9.19.